The molecule has 4 aromatic carbocycles. The zero-order chi connectivity index (χ0) is 21.8. The van der Waals surface area contributed by atoms with Crippen LogP contribution in [0.5, 0.6) is 23.0 Å². The van der Waals surface area contributed by atoms with Crippen LogP contribution in [0.2, 0.25) is 0 Å². The van der Waals surface area contributed by atoms with E-state index < -0.39 is 5.41 Å². The lowest BCUT2D eigenvalue weighted by atomic mass is 9.76. The summed E-state index contributed by atoms with van der Waals surface area (Å²) in [5.41, 5.74) is 15.7. The van der Waals surface area contributed by atoms with Crippen molar-refractivity contribution in [3.8, 4) is 23.0 Å². The Morgan fingerprint density at radius 3 is 1.29 bits per heavy atom. The molecule has 0 heterocycles. The molecule has 0 atom stereocenters. The van der Waals surface area contributed by atoms with Crippen molar-refractivity contribution in [3.63, 3.8) is 0 Å². The number of para-hydroxylation sites is 4. The van der Waals surface area contributed by atoms with Gasteiger partial charge in [-0.1, -0.05) is 74.5 Å². The SMILES string of the molecule is CC(C)(c1cccc(Oc2ccccc2)c1N)c1cccc(Oc2ccccc2)c1N. The molecule has 4 rings (SSSR count). The summed E-state index contributed by atoms with van der Waals surface area (Å²) in [6.45, 7) is 4.20. The maximum Gasteiger partial charge on any atom is 0.150 e. The number of benzene rings is 4. The monoisotopic (exact) mass is 410 g/mol. The van der Waals surface area contributed by atoms with E-state index >= 15 is 0 Å². The zero-order valence-corrected chi connectivity index (χ0v) is 17.7. The molecule has 0 aliphatic heterocycles. The van der Waals surface area contributed by atoms with Crippen LogP contribution in [0.1, 0.15) is 25.0 Å². The maximum atomic E-state index is 6.57. The standard InChI is InChI=1S/C27H26N2O2/c1-27(2,21-15-9-17-23(25(21)28)30-19-11-5-3-6-12-19)22-16-10-18-24(26(22)29)31-20-13-7-4-8-14-20/h3-18H,28-29H2,1-2H3. The quantitative estimate of drug-likeness (QED) is 0.344. The highest BCUT2D eigenvalue weighted by Crippen LogP contribution is 2.44. The number of nitrogens with two attached hydrogens (primary N) is 2. The number of nitrogen functional groups attached to an aromatic ring is 2. The summed E-state index contributed by atoms with van der Waals surface area (Å²) in [6, 6.07) is 30.9. The number of rotatable bonds is 6. The van der Waals surface area contributed by atoms with Gasteiger partial charge in [-0.05, 0) is 47.5 Å². The van der Waals surface area contributed by atoms with Crippen molar-refractivity contribution in [1.29, 1.82) is 0 Å². The second kappa shape index (κ2) is 8.44. The minimum atomic E-state index is -0.472. The molecule has 0 aromatic heterocycles. The van der Waals surface area contributed by atoms with Gasteiger partial charge in [0.15, 0.2) is 11.5 Å². The average molecular weight is 411 g/mol. The van der Waals surface area contributed by atoms with Gasteiger partial charge < -0.3 is 20.9 Å². The van der Waals surface area contributed by atoms with Gasteiger partial charge in [0.05, 0.1) is 11.4 Å². The number of ether oxygens (including phenoxy) is 2. The molecule has 0 unspecified atom stereocenters. The van der Waals surface area contributed by atoms with E-state index in [1.165, 1.54) is 0 Å². The molecule has 4 N–H and O–H groups in total. The smallest absolute Gasteiger partial charge is 0.150 e. The fourth-order valence-corrected chi connectivity index (χ4v) is 3.73. The Balaban J connectivity index is 1.70. The minimum Gasteiger partial charge on any atom is -0.455 e. The topological polar surface area (TPSA) is 70.5 Å². The predicted molar refractivity (Wildman–Crippen MR) is 127 cm³/mol. The second-order valence-corrected chi connectivity index (χ2v) is 7.89. The van der Waals surface area contributed by atoms with E-state index in [1.54, 1.807) is 0 Å². The van der Waals surface area contributed by atoms with Gasteiger partial charge in [0.1, 0.15) is 11.5 Å². The highest BCUT2D eigenvalue weighted by atomic mass is 16.5. The van der Waals surface area contributed by atoms with Crippen LogP contribution in [0.25, 0.3) is 0 Å². The third kappa shape index (κ3) is 4.19. The van der Waals surface area contributed by atoms with E-state index in [0.29, 0.717) is 22.9 Å². The summed E-state index contributed by atoms with van der Waals surface area (Å²) in [4.78, 5) is 0. The molecular weight excluding hydrogens is 384 g/mol. The molecule has 0 amide bonds. The molecule has 156 valence electrons. The summed E-state index contributed by atoms with van der Waals surface area (Å²) in [5.74, 6) is 2.71. The van der Waals surface area contributed by atoms with Gasteiger partial charge in [0, 0.05) is 5.41 Å². The summed E-state index contributed by atoms with van der Waals surface area (Å²) in [6.07, 6.45) is 0. The van der Waals surface area contributed by atoms with E-state index in [9.17, 15) is 0 Å². The molecular formula is C27H26N2O2. The van der Waals surface area contributed by atoms with E-state index in [1.807, 2.05) is 97.1 Å². The molecule has 31 heavy (non-hydrogen) atoms. The lowest BCUT2D eigenvalue weighted by Gasteiger charge is -2.30. The Bertz CT molecular complexity index is 1080. The number of hydrogen-bond donors (Lipinski definition) is 2. The van der Waals surface area contributed by atoms with Gasteiger partial charge in [0.25, 0.3) is 0 Å². The first-order chi connectivity index (χ1) is 15.0. The fraction of sp³-hybridized carbons (Fsp3) is 0.111. The molecule has 0 fully saturated rings. The van der Waals surface area contributed by atoms with Crippen molar-refractivity contribution in [2.75, 3.05) is 11.5 Å². The molecule has 0 aliphatic rings. The van der Waals surface area contributed by atoms with E-state index in [2.05, 4.69) is 13.8 Å². The highest BCUT2D eigenvalue weighted by Gasteiger charge is 2.30. The van der Waals surface area contributed by atoms with Crippen molar-refractivity contribution in [2.24, 2.45) is 0 Å². The molecule has 4 aromatic rings. The molecule has 0 radical (unpaired) electrons. The molecule has 0 bridgehead atoms. The minimum absolute atomic E-state index is 0.472. The number of anilines is 2. The van der Waals surface area contributed by atoms with E-state index in [-0.39, 0.29) is 0 Å². The second-order valence-electron chi connectivity index (χ2n) is 7.89. The van der Waals surface area contributed by atoms with Crippen molar-refractivity contribution in [2.45, 2.75) is 19.3 Å². The molecule has 4 heteroatoms. The maximum absolute atomic E-state index is 6.57. The van der Waals surface area contributed by atoms with Crippen LogP contribution < -0.4 is 20.9 Å². The van der Waals surface area contributed by atoms with Gasteiger partial charge >= 0.3 is 0 Å². The van der Waals surface area contributed by atoms with E-state index in [0.717, 1.165) is 22.6 Å². The Morgan fingerprint density at radius 1 is 0.516 bits per heavy atom. The van der Waals surface area contributed by atoms with Crippen LogP contribution in [-0.2, 0) is 5.41 Å². The van der Waals surface area contributed by atoms with Gasteiger partial charge in [-0.3, -0.25) is 0 Å². The largest absolute Gasteiger partial charge is 0.455 e. The van der Waals surface area contributed by atoms with Crippen molar-refractivity contribution < 1.29 is 9.47 Å². The third-order valence-corrected chi connectivity index (χ3v) is 5.42. The highest BCUT2D eigenvalue weighted by molar-refractivity contribution is 5.69. The molecule has 0 saturated carbocycles. The van der Waals surface area contributed by atoms with Crippen molar-refractivity contribution >= 4 is 11.4 Å². The molecule has 0 aliphatic carbocycles. The van der Waals surface area contributed by atoms with Crippen LogP contribution in [0.15, 0.2) is 97.1 Å². The van der Waals surface area contributed by atoms with Crippen LogP contribution in [0.4, 0.5) is 11.4 Å². The molecule has 4 nitrogen and oxygen atoms in total. The van der Waals surface area contributed by atoms with Crippen molar-refractivity contribution in [1.82, 2.24) is 0 Å². The Labute approximate surface area is 183 Å². The van der Waals surface area contributed by atoms with Crippen molar-refractivity contribution in [3.05, 3.63) is 108 Å². The van der Waals surface area contributed by atoms with E-state index in [4.69, 9.17) is 20.9 Å². The summed E-state index contributed by atoms with van der Waals surface area (Å²) in [5, 5.41) is 0. The summed E-state index contributed by atoms with van der Waals surface area (Å²) in [7, 11) is 0. The molecule has 0 saturated heterocycles. The average Bonchev–Trinajstić information content (AvgIpc) is 2.78. The first-order valence-electron chi connectivity index (χ1n) is 10.2. The van der Waals surface area contributed by atoms with Gasteiger partial charge in [-0.15, -0.1) is 0 Å². The van der Waals surface area contributed by atoms with Crippen LogP contribution in [-0.4, -0.2) is 0 Å². The van der Waals surface area contributed by atoms with Gasteiger partial charge in [-0.25, -0.2) is 0 Å². The van der Waals surface area contributed by atoms with Gasteiger partial charge in [0.2, 0.25) is 0 Å². The first-order valence-corrected chi connectivity index (χ1v) is 10.2. The fourth-order valence-electron chi connectivity index (χ4n) is 3.73. The molecule has 0 spiro atoms. The predicted octanol–water partition coefficient (Wildman–Crippen LogP) is 6.76. The third-order valence-electron chi connectivity index (χ3n) is 5.42. The lowest BCUT2D eigenvalue weighted by molar-refractivity contribution is 0.480. The lowest BCUT2D eigenvalue weighted by Crippen LogP contribution is -2.22. The summed E-state index contributed by atoms with van der Waals surface area (Å²) < 4.78 is 12.1. The normalized spacial score (nSPS) is 11.2. The Kier molecular flexibility index (Phi) is 5.54. The Hall–Kier alpha value is -3.92. The zero-order valence-electron chi connectivity index (χ0n) is 17.7. The van der Waals surface area contributed by atoms with Gasteiger partial charge in [-0.2, -0.15) is 0 Å². The van der Waals surface area contributed by atoms with Crippen LogP contribution >= 0.6 is 0 Å². The van der Waals surface area contributed by atoms with Crippen LogP contribution in [0.3, 0.4) is 0 Å². The summed E-state index contributed by atoms with van der Waals surface area (Å²) >= 11 is 0. The van der Waals surface area contributed by atoms with Crippen LogP contribution in [0, 0.1) is 0 Å². The number of hydrogen-bond acceptors (Lipinski definition) is 4. The first kappa shape index (κ1) is 20.4. The Morgan fingerprint density at radius 2 is 0.903 bits per heavy atom.